The maximum Gasteiger partial charge on any atom is 0.230 e. The topological polar surface area (TPSA) is 49.0 Å². The number of nitrogens with one attached hydrogen (secondary N) is 1. The molecule has 0 fully saturated rings. The van der Waals surface area contributed by atoms with E-state index in [2.05, 4.69) is 22.1 Å². The van der Waals surface area contributed by atoms with Gasteiger partial charge in [0.15, 0.2) is 0 Å². The van der Waals surface area contributed by atoms with Crippen molar-refractivity contribution in [3.05, 3.63) is 47.5 Å². The van der Waals surface area contributed by atoms with Crippen LogP contribution in [0.4, 0.5) is 5.69 Å². The first-order chi connectivity index (χ1) is 9.83. The lowest BCUT2D eigenvalue weighted by atomic mass is 9.88. The number of aromatic amines is 1. The van der Waals surface area contributed by atoms with E-state index >= 15 is 0 Å². The van der Waals surface area contributed by atoms with Gasteiger partial charge in [-0.3, -0.25) is 4.79 Å². The van der Waals surface area contributed by atoms with Crippen LogP contribution in [-0.2, 0) is 24.1 Å². The van der Waals surface area contributed by atoms with Gasteiger partial charge in [-0.25, -0.2) is 4.98 Å². The number of hydrogen-bond acceptors (Lipinski definition) is 2. The van der Waals surface area contributed by atoms with Crippen molar-refractivity contribution in [3.63, 3.8) is 0 Å². The van der Waals surface area contributed by atoms with Crippen LogP contribution in [0.3, 0.4) is 0 Å². The first kappa shape index (κ1) is 11.7. The van der Waals surface area contributed by atoms with Gasteiger partial charge in [-0.2, -0.15) is 0 Å². The number of nitrogens with zero attached hydrogens (tertiary/aromatic N) is 2. The Morgan fingerprint density at radius 2 is 2.20 bits per heavy atom. The highest BCUT2D eigenvalue weighted by molar-refractivity contribution is 5.97. The summed E-state index contributed by atoms with van der Waals surface area (Å²) >= 11 is 0. The molecule has 0 saturated carbocycles. The molecule has 4 heteroatoms. The number of aryl methyl sites for hydroxylation is 1. The van der Waals surface area contributed by atoms with Gasteiger partial charge in [0, 0.05) is 30.3 Å². The number of carbonyl (C=O) groups is 1. The molecule has 1 aliphatic heterocycles. The molecule has 2 heterocycles. The summed E-state index contributed by atoms with van der Waals surface area (Å²) in [5.74, 6) is 0.365. The van der Waals surface area contributed by atoms with Crippen molar-refractivity contribution in [3.8, 4) is 0 Å². The molecule has 0 bridgehead atoms. The number of amides is 1. The monoisotopic (exact) mass is 267 g/mol. The number of fused-ring (bicyclic) bond motifs is 2. The quantitative estimate of drug-likeness (QED) is 0.860. The minimum atomic E-state index is 0.0918. The van der Waals surface area contributed by atoms with Crippen LogP contribution < -0.4 is 4.90 Å². The van der Waals surface area contributed by atoms with E-state index in [9.17, 15) is 4.79 Å². The zero-order chi connectivity index (χ0) is 13.5. The Bertz CT molecular complexity index is 661. The minimum absolute atomic E-state index is 0.0918. The number of aromatic nitrogens is 2. The highest BCUT2D eigenvalue weighted by Gasteiger charge is 2.32. The Morgan fingerprint density at radius 3 is 3.15 bits per heavy atom. The largest absolute Gasteiger partial charge is 0.348 e. The molecular weight excluding hydrogens is 250 g/mol. The molecule has 1 N–H and O–H groups in total. The predicted molar refractivity (Wildman–Crippen MR) is 76.6 cm³/mol. The van der Waals surface area contributed by atoms with E-state index in [1.807, 2.05) is 17.0 Å². The number of H-pyrrole nitrogens is 1. The van der Waals surface area contributed by atoms with Gasteiger partial charge in [-0.1, -0.05) is 18.2 Å². The number of benzene rings is 1. The smallest absolute Gasteiger partial charge is 0.230 e. The van der Waals surface area contributed by atoms with Crippen LogP contribution in [-0.4, -0.2) is 22.4 Å². The lowest BCUT2D eigenvalue weighted by Crippen LogP contribution is -2.37. The second kappa shape index (κ2) is 4.47. The molecule has 102 valence electrons. The summed E-state index contributed by atoms with van der Waals surface area (Å²) in [6.07, 6.45) is 5.33. The summed E-state index contributed by atoms with van der Waals surface area (Å²) in [5.41, 5.74) is 4.67. The molecule has 1 aromatic carbocycles. The standard InChI is InChI=1S/C16H17N3O/c20-16(12-5-6-13-14(9-12)18-10-17-13)19-8-7-11-3-1-2-4-15(11)19/h1-4,10,12H,5-9H2,(H,17,18)/t12-/m0/s1. The van der Waals surface area contributed by atoms with Gasteiger partial charge >= 0.3 is 0 Å². The van der Waals surface area contributed by atoms with Crippen molar-refractivity contribution in [2.75, 3.05) is 11.4 Å². The minimum Gasteiger partial charge on any atom is -0.348 e. The normalized spacial score (nSPS) is 20.6. The van der Waals surface area contributed by atoms with E-state index in [0.29, 0.717) is 0 Å². The third-order valence-corrected chi connectivity index (χ3v) is 4.49. The van der Waals surface area contributed by atoms with E-state index in [1.165, 1.54) is 5.56 Å². The molecule has 2 aromatic rings. The van der Waals surface area contributed by atoms with Crippen molar-refractivity contribution in [1.82, 2.24) is 9.97 Å². The van der Waals surface area contributed by atoms with Crippen LogP contribution in [0.5, 0.6) is 0 Å². The molecule has 4 rings (SSSR count). The second-order valence-electron chi connectivity index (χ2n) is 5.64. The van der Waals surface area contributed by atoms with Gasteiger partial charge in [0.25, 0.3) is 0 Å². The SMILES string of the molecule is O=C([C@H]1CCc2nc[nH]c2C1)N1CCc2ccccc21. The number of rotatable bonds is 1. The highest BCUT2D eigenvalue weighted by Crippen LogP contribution is 2.31. The van der Waals surface area contributed by atoms with Crippen LogP contribution in [0.15, 0.2) is 30.6 Å². The Hall–Kier alpha value is -2.10. The number of imidazole rings is 1. The van der Waals surface area contributed by atoms with Gasteiger partial charge in [-0.05, 0) is 30.9 Å². The Labute approximate surface area is 117 Å². The third-order valence-electron chi connectivity index (χ3n) is 4.49. The summed E-state index contributed by atoms with van der Waals surface area (Å²) < 4.78 is 0. The summed E-state index contributed by atoms with van der Waals surface area (Å²) in [5, 5.41) is 0. The Balaban J connectivity index is 1.58. The third kappa shape index (κ3) is 1.75. The van der Waals surface area contributed by atoms with Crippen LogP contribution >= 0.6 is 0 Å². The van der Waals surface area contributed by atoms with Crippen molar-refractivity contribution < 1.29 is 4.79 Å². The second-order valence-corrected chi connectivity index (χ2v) is 5.64. The fraction of sp³-hybridized carbons (Fsp3) is 0.375. The van der Waals surface area contributed by atoms with E-state index < -0.39 is 0 Å². The molecule has 0 radical (unpaired) electrons. The first-order valence-electron chi connectivity index (χ1n) is 7.23. The summed E-state index contributed by atoms with van der Waals surface area (Å²) in [6.45, 7) is 0.824. The number of anilines is 1. The molecule has 2 aliphatic rings. The van der Waals surface area contributed by atoms with Crippen molar-refractivity contribution in [2.24, 2.45) is 5.92 Å². The van der Waals surface area contributed by atoms with E-state index in [0.717, 1.165) is 49.3 Å². The van der Waals surface area contributed by atoms with E-state index in [1.54, 1.807) is 6.33 Å². The molecular formula is C16H17N3O. The van der Waals surface area contributed by atoms with Crippen LogP contribution in [0.2, 0.25) is 0 Å². The molecule has 0 spiro atoms. The van der Waals surface area contributed by atoms with Gasteiger partial charge in [0.1, 0.15) is 0 Å². The fourth-order valence-electron chi connectivity index (χ4n) is 3.40. The lowest BCUT2D eigenvalue weighted by molar-refractivity contribution is -0.122. The molecule has 20 heavy (non-hydrogen) atoms. The molecule has 0 unspecified atom stereocenters. The van der Waals surface area contributed by atoms with E-state index in [-0.39, 0.29) is 11.8 Å². The molecule has 1 atom stereocenters. The first-order valence-corrected chi connectivity index (χ1v) is 7.23. The molecule has 1 amide bonds. The van der Waals surface area contributed by atoms with Gasteiger partial charge in [0.05, 0.1) is 12.0 Å². The highest BCUT2D eigenvalue weighted by atomic mass is 16.2. The number of hydrogen-bond donors (Lipinski definition) is 1. The fourth-order valence-corrected chi connectivity index (χ4v) is 3.40. The molecule has 1 aromatic heterocycles. The molecule has 1 aliphatic carbocycles. The van der Waals surface area contributed by atoms with Crippen molar-refractivity contribution in [2.45, 2.75) is 25.7 Å². The van der Waals surface area contributed by atoms with Crippen LogP contribution in [0.25, 0.3) is 0 Å². The predicted octanol–water partition coefficient (Wildman–Crippen LogP) is 2.10. The van der Waals surface area contributed by atoms with Crippen molar-refractivity contribution in [1.29, 1.82) is 0 Å². The Kier molecular flexibility index (Phi) is 2.62. The maximum atomic E-state index is 12.8. The lowest BCUT2D eigenvalue weighted by Gasteiger charge is -2.26. The average molecular weight is 267 g/mol. The molecule has 0 saturated heterocycles. The summed E-state index contributed by atoms with van der Waals surface area (Å²) in [4.78, 5) is 22.2. The zero-order valence-electron chi connectivity index (χ0n) is 11.3. The van der Waals surface area contributed by atoms with Gasteiger partial charge in [0.2, 0.25) is 5.91 Å². The summed E-state index contributed by atoms with van der Waals surface area (Å²) in [7, 11) is 0. The van der Waals surface area contributed by atoms with Gasteiger partial charge in [-0.15, -0.1) is 0 Å². The average Bonchev–Trinajstić information content (AvgIpc) is 3.12. The van der Waals surface area contributed by atoms with Crippen LogP contribution in [0.1, 0.15) is 23.4 Å². The zero-order valence-corrected chi connectivity index (χ0v) is 11.3. The summed E-state index contributed by atoms with van der Waals surface area (Å²) in [6, 6.07) is 8.24. The van der Waals surface area contributed by atoms with Crippen LogP contribution in [0, 0.1) is 5.92 Å². The number of para-hydroxylation sites is 1. The molecule has 4 nitrogen and oxygen atoms in total. The number of carbonyl (C=O) groups excluding carboxylic acids is 1. The van der Waals surface area contributed by atoms with E-state index in [4.69, 9.17) is 0 Å². The van der Waals surface area contributed by atoms with Gasteiger partial charge < -0.3 is 9.88 Å². The Morgan fingerprint density at radius 1 is 1.30 bits per heavy atom. The maximum absolute atomic E-state index is 12.8. The van der Waals surface area contributed by atoms with Crippen molar-refractivity contribution >= 4 is 11.6 Å².